The maximum absolute atomic E-state index is 12.3. The quantitative estimate of drug-likeness (QED) is 0.889. The van der Waals surface area contributed by atoms with Crippen LogP contribution in [0.15, 0.2) is 30.3 Å². The van der Waals surface area contributed by atoms with E-state index in [0.717, 1.165) is 6.42 Å². The van der Waals surface area contributed by atoms with E-state index in [0.29, 0.717) is 13.1 Å². The number of carbonyl (C=O) groups excluding carboxylic acids is 1. The summed E-state index contributed by atoms with van der Waals surface area (Å²) < 4.78 is 5.48. The van der Waals surface area contributed by atoms with Gasteiger partial charge >= 0.3 is 6.09 Å². The third-order valence-corrected chi connectivity index (χ3v) is 4.41. The van der Waals surface area contributed by atoms with Gasteiger partial charge in [0.1, 0.15) is 5.60 Å². The molecule has 5 heteroatoms. The molecule has 1 aromatic carbocycles. The van der Waals surface area contributed by atoms with Crippen LogP contribution in [0, 0.1) is 5.92 Å². The number of piperidine rings is 1. The Morgan fingerprint density at radius 3 is 2.62 bits per heavy atom. The number of aliphatic hydroxyl groups excluding tert-OH is 1. The summed E-state index contributed by atoms with van der Waals surface area (Å²) in [5.74, 6) is 0.148. The van der Waals surface area contributed by atoms with Gasteiger partial charge in [-0.1, -0.05) is 30.3 Å². The molecular weight excluding hydrogens is 304 g/mol. The first-order chi connectivity index (χ1) is 11.3. The molecule has 2 N–H and O–H groups in total. The van der Waals surface area contributed by atoms with E-state index in [1.54, 1.807) is 4.90 Å². The lowest BCUT2D eigenvalue weighted by atomic mass is 9.91. The van der Waals surface area contributed by atoms with E-state index in [-0.39, 0.29) is 30.7 Å². The molecule has 0 aliphatic carbocycles. The van der Waals surface area contributed by atoms with Crippen LogP contribution in [0.25, 0.3) is 0 Å². The average molecular weight is 334 g/mol. The van der Waals surface area contributed by atoms with Crippen LogP contribution in [-0.2, 0) is 4.74 Å². The first kappa shape index (κ1) is 18.7. The first-order valence-corrected chi connectivity index (χ1v) is 8.70. The summed E-state index contributed by atoms with van der Waals surface area (Å²) in [4.78, 5) is 14.1. The third-order valence-electron chi connectivity index (χ3n) is 4.41. The molecule has 0 radical (unpaired) electrons. The van der Waals surface area contributed by atoms with Crippen molar-refractivity contribution in [2.75, 3.05) is 19.7 Å². The average Bonchev–Trinajstić information content (AvgIpc) is 2.54. The molecule has 1 aliphatic rings. The van der Waals surface area contributed by atoms with Crippen LogP contribution < -0.4 is 5.32 Å². The minimum Gasteiger partial charge on any atom is -0.444 e. The number of hydrogen-bond acceptors (Lipinski definition) is 4. The van der Waals surface area contributed by atoms with Gasteiger partial charge in [-0.15, -0.1) is 0 Å². The van der Waals surface area contributed by atoms with Crippen LogP contribution in [0.5, 0.6) is 0 Å². The van der Waals surface area contributed by atoms with Gasteiger partial charge < -0.3 is 20.1 Å². The van der Waals surface area contributed by atoms with Crippen LogP contribution in [0.1, 0.15) is 45.7 Å². The number of benzene rings is 1. The fraction of sp³-hybridized carbons (Fsp3) is 0.632. The lowest BCUT2D eigenvalue weighted by Gasteiger charge is -2.40. The molecule has 1 amide bonds. The summed E-state index contributed by atoms with van der Waals surface area (Å²) in [5.41, 5.74) is 0.703. The van der Waals surface area contributed by atoms with Crippen molar-refractivity contribution in [1.82, 2.24) is 10.2 Å². The molecule has 134 valence electrons. The molecule has 1 aromatic rings. The van der Waals surface area contributed by atoms with Gasteiger partial charge in [-0.2, -0.15) is 0 Å². The van der Waals surface area contributed by atoms with Crippen molar-refractivity contribution >= 4 is 6.09 Å². The summed E-state index contributed by atoms with van der Waals surface area (Å²) in [5, 5.41) is 13.3. The van der Waals surface area contributed by atoms with E-state index in [4.69, 9.17) is 4.74 Å². The fourth-order valence-electron chi connectivity index (χ4n) is 3.06. The van der Waals surface area contributed by atoms with Crippen molar-refractivity contribution in [1.29, 1.82) is 0 Å². The number of amides is 1. The topological polar surface area (TPSA) is 61.8 Å². The van der Waals surface area contributed by atoms with Gasteiger partial charge in [0.05, 0.1) is 0 Å². The van der Waals surface area contributed by atoms with E-state index in [1.165, 1.54) is 5.56 Å². The fourth-order valence-corrected chi connectivity index (χ4v) is 3.06. The molecule has 5 nitrogen and oxygen atoms in total. The standard InChI is InChI=1S/C19H30N2O3/c1-14(15-8-6-5-7-9-15)20-17-12-21(11-10-16(17)13-22)18(23)24-19(2,3)4/h5-9,14,16-17,20,22H,10-13H2,1-4H3. The van der Waals surface area contributed by atoms with E-state index < -0.39 is 5.60 Å². The highest BCUT2D eigenvalue weighted by molar-refractivity contribution is 5.68. The highest BCUT2D eigenvalue weighted by atomic mass is 16.6. The second kappa shape index (κ2) is 7.99. The lowest BCUT2D eigenvalue weighted by molar-refractivity contribution is 0.00917. The van der Waals surface area contributed by atoms with E-state index in [1.807, 2.05) is 39.0 Å². The lowest BCUT2D eigenvalue weighted by Crippen LogP contribution is -2.54. The Kier molecular flexibility index (Phi) is 6.24. The van der Waals surface area contributed by atoms with E-state index >= 15 is 0 Å². The molecule has 2 rings (SSSR count). The highest BCUT2D eigenvalue weighted by Crippen LogP contribution is 2.23. The zero-order chi connectivity index (χ0) is 17.7. The Hall–Kier alpha value is -1.59. The second-order valence-electron chi connectivity index (χ2n) is 7.56. The summed E-state index contributed by atoms with van der Waals surface area (Å²) in [6.07, 6.45) is 0.493. The second-order valence-corrected chi connectivity index (χ2v) is 7.56. The van der Waals surface area contributed by atoms with E-state index in [2.05, 4.69) is 24.4 Å². The van der Waals surface area contributed by atoms with Crippen LogP contribution in [0.4, 0.5) is 4.79 Å². The zero-order valence-corrected chi connectivity index (χ0v) is 15.2. The van der Waals surface area contributed by atoms with E-state index in [9.17, 15) is 9.90 Å². The summed E-state index contributed by atoms with van der Waals surface area (Å²) in [6.45, 7) is 9.03. The third kappa shape index (κ3) is 5.21. The number of nitrogens with zero attached hydrogens (tertiary/aromatic N) is 1. The zero-order valence-electron chi connectivity index (χ0n) is 15.2. The van der Waals surface area contributed by atoms with Gasteiger partial charge in [-0.05, 0) is 39.7 Å². The molecular formula is C19H30N2O3. The number of nitrogens with one attached hydrogen (secondary N) is 1. The Morgan fingerprint density at radius 1 is 1.38 bits per heavy atom. The van der Waals surface area contributed by atoms with Gasteiger partial charge in [-0.3, -0.25) is 0 Å². The van der Waals surface area contributed by atoms with Crippen molar-refractivity contribution in [2.45, 2.75) is 51.8 Å². The van der Waals surface area contributed by atoms with Crippen LogP contribution >= 0.6 is 0 Å². The number of aliphatic hydroxyl groups is 1. The van der Waals surface area contributed by atoms with Crippen molar-refractivity contribution in [2.24, 2.45) is 5.92 Å². The molecule has 1 aliphatic heterocycles. The summed E-state index contributed by atoms with van der Waals surface area (Å²) >= 11 is 0. The maximum Gasteiger partial charge on any atom is 0.410 e. The number of likely N-dealkylation sites (tertiary alicyclic amines) is 1. The number of carbonyl (C=O) groups is 1. The van der Waals surface area contributed by atoms with Gasteiger partial charge in [0, 0.05) is 37.7 Å². The monoisotopic (exact) mass is 334 g/mol. The predicted octanol–water partition coefficient (Wildman–Crippen LogP) is 2.96. The number of ether oxygens (including phenoxy) is 1. The molecule has 0 spiro atoms. The summed E-state index contributed by atoms with van der Waals surface area (Å²) in [7, 11) is 0. The summed E-state index contributed by atoms with van der Waals surface area (Å²) in [6, 6.07) is 10.4. The molecule has 0 bridgehead atoms. The molecule has 3 unspecified atom stereocenters. The SMILES string of the molecule is CC(NC1CN(C(=O)OC(C)(C)C)CCC1CO)c1ccccc1. The highest BCUT2D eigenvalue weighted by Gasteiger charge is 2.33. The Morgan fingerprint density at radius 2 is 2.04 bits per heavy atom. The molecule has 1 saturated heterocycles. The Labute approximate surface area is 145 Å². The van der Waals surface area contributed by atoms with Gasteiger partial charge in [0.25, 0.3) is 0 Å². The Balaban J connectivity index is 2.01. The van der Waals surface area contributed by atoms with Crippen LogP contribution in [0.3, 0.4) is 0 Å². The maximum atomic E-state index is 12.3. The van der Waals surface area contributed by atoms with Crippen molar-refractivity contribution in [3.63, 3.8) is 0 Å². The smallest absolute Gasteiger partial charge is 0.410 e. The van der Waals surface area contributed by atoms with Crippen molar-refractivity contribution < 1.29 is 14.6 Å². The first-order valence-electron chi connectivity index (χ1n) is 8.70. The van der Waals surface area contributed by atoms with Gasteiger partial charge in [0.2, 0.25) is 0 Å². The minimum absolute atomic E-state index is 0.0477. The van der Waals surface area contributed by atoms with Crippen molar-refractivity contribution in [3.05, 3.63) is 35.9 Å². The van der Waals surface area contributed by atoms with Gasteiger partial charge in [0.15, 0.2) is 0 Å². The largest absolute Gasteiger partial charge is 0.444 e. The number of rotatable bonds is 4. The number of hydrogen-bond donors (Lipinski definition) is 2. The molecule has 3 atom stereocenters. The van der Waals surface area contributed by atoms with Crippen LogP contribution in [0.2, 0.25) is 0 Å². The predicted molar refractivity (Wildman–Crippen MR) is 94.8 cm³/mol. The van der Waals surface area contributed by atoms with Crippen LogP contribution in [-0.4, -0.2) is 47.4 Å². The molecule has 24 heavy (non-hydrogen) atoms. The molecule has 1 fully saturated rings. The van der Waals surface area contributed by atoms with Crippen molar-refractivity contribution in [3.8, 4) is 0 Å². The molecule has 0 aromatic heterocycles. The molecule has 0 saturated carbocycles. The molecule has 1 heterocycles. The Bertz CT molecular complexity index is 527. The van der Waals surface area contributed by atoms with Gasteiger partial charge in [-0.25, -0.2) is 4.79 Å². The minimum atomic E-state index is -0.495. The normalized spacial score (nSPS) is 23.0.